The quantitative estimate of drug-likeness (QED) is 0.0474. The Labute approximate surface area is 381 Å². The molecule has 3 aliphatic rings. The number of hydrogen-bond acceptors (Lipinski definition) is 12. The maximum absolute atomic E-state index is 13.7. The number of ether oxygens (including phenoxy) is 5. The van der Waals surface area contributed by atoms with Crippen LogP contribution in [-0.2, 0) is 60.2 Å². The van der Waals surface area contributed by atoms with Crippen LogP contribution in [0.2, 0.25) is 0 Å². The van der Waals surface area contributed by atoms with E-state index in [0.717, 1.165) is 52.5 Å². The van der Waals surface area contributed by atoms with Crippen molar-refractivity contribution in [2.24, 2.45) is 0 Å². The molecule has 0 radical (unpaired) electrons. The highest BCUT2D eigenvalue weighted by Gasteiger charge is 2.46. The Morgan fingerprint density at radius 1 is 0.831 bits per heavy atom. The van der Waals surface area contributed by atoms with Crippen LogP contribution >= 0.6 is 0 Å². The summed E-state index contributed by atoms with van der Waals surface area (Å²) in [5.74, 6) is -1.02. The standard InChI is InChI=1S/C52H64N2O11/c1-8-11-12-13-14-15-16-17-18-19-26-61-49(58)51(7)25-24-36-33(6)46(31(4)32(5)47(36)65-51)64-44(56)23-22-43(55)63-34-20-21-41-37(27-34)35(9-2)38-29-54-42(45(38)53-41)28-40-39(48(54)57)30-62-50(59)52(40,60)10-3/h20-21,27-28,60H,8-19,22-26,29-30H2,1-7H3/t51-,52-/m0/s1. The van der Waals surface area contributed by atoms with Gasteiger partial charge in [0.05, 0.1) is 48.5 Å². The molecule has 0 aliphatic carbocycles. The van der Waals surface area contributed by atoms with Gasteiger partial charge in [0, 0.05) is 28.5 Å². The first-order chi connectivity index (χ1) is 31.1. The van der Waals surface area contributed by atoms with Gasteiger partial charge < -0.3 is 33.4 Å². The van der Waals surface area contributed by atoms with E-state index < -0.39 is 29.1 Å². The van der Waals surface area contributed by atoms with Gasteiger partial charge >= 0.3 is 23.9 Å². The Hall–Kier alpha value is -5.56. The van der Waals surface area contributed by atoms with Crippen molar-refractivity contribution in [3.8, 4) is 28.6 Å². The molecule has 0 bridgehead atoms. The van der Waals surface area contributed by atoms with Crippen molar-refractivity contribution in [3.05, 3.63) is 79.1 Å². The van der Waals surface area contributed by atoms with Crippen LogP contribution in [0.25, 0.3) is 22.3 Å². The minimum atomic E-state index is -1.92. The summed E-state index contributed by atoms with van der Waals surface area (Å²) in [7, 11) is 0. The summed E-state index contributed by atoms with van der Waals surface area (Å²) in [5, 5.41) is 12.0. The predicted octanol–water partition coefficient (Wildman–Crippen LogP) is 9.41. The highest BCUT2D eigenvalue weighted by Crippen LogP contribution is 2.45. The molecule has 5 heterocycles. The summed E-state index contributed by atoms with van der Waals surface area (Å²) in [4.78, 5) is 70.9. The van der Waals surface area contributed by atoms with E-state index in [9.17, 15) is 29.1 Å². The van der Waals surface area contributed by atoms with Gasteiger partial charge in [-0.15, -0.1) is 0 Å². The first kappa shape index (κ1) is 47.4. The van der Waals surface area contributed by atoms with Gasteiger partial charge in [0.15, 0.2) is 5.60 Å². The van der Waals surface area contributed by atoms with Gasteiger partial charge in [-0.05, 0) is 99.9 Å². The SMILES string of the molecule is CCCCCCCCCCCCOC(=O)[C@]1(C)CCc2c(C)c(OC(=O)CCC(=O)Oc3ccc4nc5c(c(CC)c4c3)Cn3c-5cc4c(c3=O)COC(=O)[C@]4(O)CC)c(C)c(C)c2O1. The Balaban J connectivity index is 0.946. The third-order valence-electron chi connectivity index (χ3n) is 13.8. The Bertz CT molecular complexity index is 2580. The normalized spacial score (nSPS) is 18.2. The van der Waals surface area contributed by atoms with Crippen LogP contribution in [0.5, 0.6) is 17.2 Å². The van der Waals surface area contributed by atoms with E-state index in [4.69, 9.17) is 28.7 Å². The molecule has 7 rings (SSSR count). The number of aromatic nitrogens is 2. The van der Waals surface area contributed by atoms with E-state index in [0.29, 0.717) is 59.8 Å². The van der Waals surface area contributed by atoms with Crippen LogP contribution in [0, 0.1) is 20.8 Å². The molecule has 1 N–H and O–H groups in total. The maximum atomic E-state index is 13.7. The fourth-order valence-electron chi connectivity index (χ4n) is 9.60. The molecule has 0 saturated carbocycles. The van der Waals surface area contributed by atoms with Crippen molar-refractivity contribution >= 4 is 34.8 Å². The first-order valence-electron chi connectivity index (χ1n) is 23.7. The van der Waals surface area contributed by atoms with Gasteiger partial charge in [-0.3, -0.25) is 14.4 Å². The lowest BCUT2D eigenvalue weighted by Crippen LogP contribution is -2.46. The lowest BCUT2D eigenvalue weighted by Gasteiger charge is -2.36. The average molecular weight is 893 g/mol. The molecular weight excluding hydrogens is 829 g/mol. The van der Waals surface area contributed by atoms with Crippen LogP contribution in [0.4, 0.5) is 0 Å². The molecule has 3 aliphatic heterocycles. The smallest absolute Gasteiger partial charge is 0.350 e. The van der Waals surface area contributed by atoms with E-state index in [1.54, 1.807) is 42.7 Å². The van der Waals surface area contributed by atoms with Gasteiger partial charge in [-0.2, -0.15) is 0 Å². The highest BCUT2D eigenvalue weighted by molar-refractivity contribution is 5.91. The number of aliphatic hydroxyl groups is 1. The van der Waals surface area contributed by atoms with E-state index in [1.807, 2.05) is 27.7 Å². The van der Waals surface area contributed by atoms with Crippen molar-refractivity contribution in [1.82, 2.24) is 9.55 Å². The highest BCUT2D eigenvalue weighted by atomic mass is 16.6. The zero-order chi connectivity index (χ0) is 46.6. The number of benzene rings is 2. The first-order valence-corrected chi connectivity index (χ1v) is 23.7. The predicted molar refractivity (Wildman–Crippen MR) is 245 cm³/mol. The molecule has 2 atom stereocenters. The Kier molecular flexibility index (Phi) is 14.5. The lowest BCUT2D eigenvalue weighted by molar-refractivity contribution is -0.172. The number of carbonyl (C=O) groups excluding carboxylic acids is 4. The van der Waals surface area contributed by atoms with Gasteiger partial charge in [-0.1, -0.05) is 78.6 Å². The third-order valence-corrected chi connectivity index (χ3v) is 13.8. The fourth-order valence-corrected chi connectivity index (χ4v) is 9.60. The topological polar surface area (TPSA) is 170 Å². The number of hydrogen-bond donors (Lipinski definition) is 1. The molecule has 0 spiro atoms. The summed E-state index contributed by atoms with van der Waals surface area (Å²) in [5.41, 5.74) is 3.71. The van der Waals surface area contributed by atoms with Crippen molar-refractivity contribution in [2.75, 3.05) is 6.61 Å². The number of esters is 4. The second-order valence-electron chi connectivity index (χ2n) is 18.2. The lowest BCUT2D eigenvalue weighted by atomic mass is 9.86. The second-order valence-corrected chi connectivity index (χ2v) is 18.2. The Morgan fingerprint density at radius 3 is 2.18 bits per heavy atom. The maximum Gasteiger partial charge on any atom is 0.350 e. The van der Waals surface area contributed by atoms with Crippen molar-refractivity contribution in [2.45, 2.75) is 176 Å². The molecule has 0 saturated heterocycles. The van der Waals surface area contributed by atoms with Gasteiger partial charge in [0.2, 0.25) is 5.60 Å². The minimum Gasteiger partial charge on any atom is -0.475 e. The zero-order valence-electron chi connectivity index (χ0n) is 39.2. The third kappa shape index (κ3) is 9.44. The molecule has 13 nitrogen and oxygen atoms in total. The van der Waals surface area contributed by atoms with Crippen LogP contribution in [0.1, 0.15) is 162 Å². The molecule has 65 heavy (non-hydrogen) atoms. The van der Waals surface area contributed by atoms with E-state index in [-0.39, 0.29) is 60.8 Å². The molecule has 13 heteroatoms. The Morgan fingerprint density at radius 2 is 1.51 bits per heavy atom. The number of unbranched alkanes of at least 4 members (excludes halogenated alkanes) is 9. The molecule has 2 aromatic heterocycles. The number of carbonyl (C=O) groups is 4. The molecular formula is C52H64N2O11. The number of fused-ring (bicyclic) bond motifs is 6. The van der Waals surface area contributed by atoms with Crippen molar-refractivity contribution < 1.29 is 48.0 Å². The number of rotatable bonds is 19. The number of pyridine rings is 2. The fraction of sp³-hybridized carbons (Fsp3) is 0.538. The molecule has 0 fully saturated rings. The van der Waals surface area contributed by atoms with Crippen LogP contribution in [0.15, 0.2) is 29.1 Å². The molecule has 0 amide bonds. The zero-order valence-corrected chi connectivity index (χ0v) is 39.2. The largest absolute Gasteiger partial charge is 0.475 e. The molecule has 2 aromatic carbocycles. The van der Waals surface area contributed by atoms with E-state index >= 15 is 0 Å². The summed E-state index contributed by atoms with van der Waals surface area (Å²) in [6, 6.07) is 6.80. The van der Waals surface area contributed by atoms with E-state index in [1.165, 1.54) is 44.9 Å². The second kappa shape index (κ2) is 19.9. The number of aryl methyl sites for hydroxylation is 1. The van der Waals surface area contributed by atoms with Crippen molar-refractivity contribution in [3.63, 3.8) is 0 Å². The molecule has 348 valence electrons. The number of nitrogens with zero attached hydrogens (tertiary/aromatic N) is 2. The summed E-state index contributed by atoms with van der Waals surface area (Å²) in [6.45, 7) is 13.7. The molecule has 0 unspecified atom stereocenters. The summed E-state index contributed by atoms with van der Waals surface area (Å²) < 4.78 is 30.6. The molecule has 4 aromatic rings. The minimum absolute atomic E-state index is 0.0486. The van der Waals surface area contributed by atoms with Crippen LogP contribution < -0.4 is 19.8 Å². The van der Waals surface area contributed by atoms with Gasteiger partial charge in [0.25, 0.3) is 5.56 Å². The summed E-state index contributed by atoms with van der Waals surface area (Å²) >= 11 is 0. The van der Waals surface area contributed by atoms with Gasteiger partial charge in [-0.25, -0.2) is 14.6 Å². The average Bonchev–Trinajstić information content (AvgIpc) is 3.67. The summed E-state index contributed by atoms with van der Waals surface area (Å²) in [6.07, 6.45) is 13.2. The van der Waals surface area contributed by atoms with Crippen LogP contribution in [-0.4, -0.2) is 50.7 Å². The van der Waals surface area contributed by atoms with Crippen LogP contribution in [0.3, 0.4) is 0 Å². The monoisotopic (exact) mass is 892 g/mol. The number of cyclic esters (lactones) is 1. The van der Waals surface area contributed by atoms with Crippen molar-refractivity contribution in [1.29, 1.82) is 0 Å². The van der Waals surface area contributed by atoms with E-state index in [2.05, 4.69) is 6.92 Å². The van der Waals surface area contributed by atoms with Gasteiger partial charge in [0.1, 0.15) is 23.9 Å².